The van der Waals surface area contributed by atoms with Crippen LogP contribution in [0.3, 0.4) is 0 Å². The molecule has 0 saturated carbocycles. The number of rotatable bonds is 4. The summed E-state index contributed by atoms with van der Waals surface area (Å²) in [6.45, 7) is 2.68. The smallest absolute Gasteiger partial charge is 0.227 e. The van der Waals surface area contributed by atoms with Gasteiger partial charge in [0, 0.05) is 12.6 Å². The lowest BCUT2D eigenvalue weighted by Gasteiger charge is -2.01. The van der Waals surface area contributed by atoms with E-state index in [1.54, 1.807) is 0 Å². The van der Waals surface area contributed by atoms with Crippen LogP contribution in [-0.4, -0.2) is 21.7 Å². The number of aromatic amines is 1. The van der Waals surface area contributed by atoms with E-state index in [0.717, 1.165) is 12.1 Å². The van der Waals surface area contributed by atoms with E-state index in [1.165, 1.54) is 0 Å². The van der Waals surface area contributed by atoms with Crippen molar-refractivity contribution in [2.45, 2.75) is 13.3 Å². The molecule has 0 amide bonds. The lowest BCUT2D eigenvalue weighted by molar-refractivity contribution is 0.359. The fourth-order valence-corrected chi connectivity index (χ4v) is 1.30. The van der Waals surface area contributed by atoms with Crippen molar-refractivity contribution in [3.05, 3.63) is 24.2 Å². The van der Waals surface area contributed by atoms with Gasteiger partial charge in [-0.15, -0.1) is 0 Å². The second kappa shape index (κ2) is 4.27. The summed E-state index contributed by atoms with van der Waals surface area (Å²) in [5.41, 5.74) is 6.39. The van der Waals surface area contributed by atoms with Crippen LogP contribution >= 0.6 is 0 Å². The van der Waals surface area contributed by atoms with E-state index in [0.29, 0.717) is 24.2 Å². The topological polar surface area (TPSA) is 80.7 Å². The predicted octanol–water partition coefficient (Wildman–Crippen LogP) is 1.20. The third kappa shape index (κ3) is 2.24. The minimum Gasteiger partial charge on any atom is -0.359 e. The normalized spacial score (nSPS) is 12.9. The Labute approximate surface area is 87.7 Å². The lowest BCUT2D eigenvalue weighted by atomic mass is 10.1. The largest absolute Gasteiger partial charge is 0.359 e. The molecule has 0 bridgehead atoms. The van der Waals surface area contributed by atoms with Gasteiger partial charge in [-0.1, -0.05) is 12.1 Å². The van der Waals surface area contributed by atoms with Crippen LogP contribution in [0.1, 0.15) is 12.8 Å². The highest BCUT2D eigenvalue weighted by molar-refractivity contribution is 5.47. The average Bonchev–Trinajstić information content (AvgIpc) is 2.85. The maximum atomic E-state index is 5.53. The third-order valence-corrected chi connectivity index (χ3v) is 2.23. The molecule has 0 fully saturated rings. The molecule has 2 rings (SSSR count). The zero-order chi connectivity index (χ0) is 10.7. The van der Waals surface area contributed by atoms with E-state index >= 15 is 0 Å². The first kappa shape index (κ1) is 9.92. The Balaban J connectivity index is 2.11. The third-order valence-electron chi connectivity index (χ3n) is 2.23. The van der Waals surface area contributed by atoms with Crippen molar-refractivity contribution in [1.29, 1.82) is 0 Å². The molecule has 0 aliphatic carbocycles. The molecule has 0 aliphatic rings. The molecule has 0 saturated heterocycles. The molecule has 3 N–H and O–H groups in total. The van der Waals surface area contributed by atoms with Gasteiger partial charge in [-0.25, -0.2) is 0 Å². The molecular weight excluding hydrogens is 192 g/mol. The minimum atomic E-state index is 0.363. The zero-order valence-electron chi connectivity index (χ0n) is 8.60. The fraction of sp³-hybridized carbons (Fsp3) is 0.400. The van der Waals surface area contributed by atoms with Gasteiger partial charge in [0.15, 0.2) is 0 Å². The van der Waals surface area contributed by atoms with Crippen LogP contribution in [0.5, 0.6) is 0 Å². The van der Waals surface area contributed by atoms with E-state index in [9.17, 15) is 0 Å². The second-order valence-corrected chi connectivity index (χ2v) is 3.64. The Morgan fingerprint density at radius 2 is 2.47 bits per heavy atom. The monoisotopic (exact) mass is 206 g/mol. The van der Waals surface area contributed by atoms with Crippen molar-refractivity contribution in [2.24, 2.45) is 11.7 Å². The highest BCUT2D eigenvalue weighted by Gasteiger charge is 2.11. The van der Waals surface area contributed by atoms with Gasteiger partial charge in [0.25, 0.3) is 0 Å². The second-order valence-electron chi connectivity index (χ2n) is 3.64. The van der Waals surface area contributed by atoms with Crippen LogP contribution in [0.25, 0.3) is 11.5 Å². The molecule has 0 radical (unpaired) electrons. The van der Waals surface area contributed by atoms with Gasteiger partial charge in [0.1, 0.15) is 0 Å². The van der Waals surface area contributed by atoms with Crippen LogP contribution in [-0.2, 0) is 6.42 Å². The molecule has 2 aromatic rings. The molecule has 2 aromatic heterocycles. The molecule has 5 nitrogen and oxygen atoms in total. The van der Waals surface area contributed by atoms with Crippen molar-refractivity contribution >= 4 is 0 Å². The van der Waals surface area contributed by atoms with Gasteiger partial charge in [-0.05, 0) is 24.6 Å². The molecule has 1 unspecified atom stereocenters. The van der Waals surface area contributed by atoms with Crippen molar-refractivity contribution in [2.75, 3.05) is 6.54 Å². The highest BCUT2D eigenvalue weighted by Crippen LogP contribution is 2.14. The summed E-state index contributed by atoms with van der Waals surface area (Å²) < 4.78 is 5.12. The number of nitrogens with zero attached hydrogens (tertiary/aromatic N) is 2. The van der Waals surface area contributed by atoms with Crippen LogP contribution in [0.4, 0.5) is 0 Å². The van der Waals surface area contributed by atoms with Gasteiger partial charge in [-0.2, -0.15) is 4.98 Å². The number of nitrogens with two attached hydrogens (primary N) is 1. The summed E-state index contributed by atoms with van der Waals surface area (Å²) in [6, 6.07) is 3.80. The maximum absolute atomic E-state index is 5.53. The van der Waals surface area contributed by atoms with E-state index < -0.39 is 0 Å². The Morgan fingerprint density at radius 1 is 1.60 bits per heavy atom. The zero-order valence-corrected chi connectivity index (χ0v) is 8.60. The maximum Gasteiger partial charge on any atom is 0.227 e. The first-order chi connectivity index (χ1) is 7.29. The molecule has 0 aliphatic heterocycles. The van der Waals surface area contributed by atoms with Crippen LogP contribution < -0.4 is 5.73 Å². The molecule has 0 aromatic carbocycles. The Bertz CT molecular complexity index is 407. The van der Waals surface area contributed by atoms with Crippen molar-refractivity contribution in [1.82, 2.24) is 15.1 Å². The number of aromatic nitrogens is 3. The van der Waals surface area contributed by atoms with E-state index in [-0.39, 0.29) is 0 Å². The Kier molecular flexibility index (Phi) is 2.82. The summed E-state index contributed by atoms with van der Waals surface area (Å²) in [7, 11) is 0. The van der Waals surface area contributed by atoms with Crippen LogP contribution in [0, 0.1) is 5.92 Å². The number of hydrogen-bond acceptors (Lipinski definition) is 4. The Hall–Kier alpha value is -1.62. The number of hydrogen-bond donors (Lipinski definition) is 2. The van der Waals surface area contributed by atoms with Gasteiger partial charge in [0.2, 0.25) is 11.7 Å². The van der Waals surface area contributed by atoms with Gasteiger partial charge < -0.3 is 15.2 Å². The van der Waals surface area contributed by atoms with Gasteiger partial charge >= 0.3 is 0 Å². The van der Waals surface area contributed by atoms with E-state index in [4.69, 9.17) is 10.3 Å². The minimum absolute atomic E-state index is 0.363. The summed E-state index contributed by atoms with van der Waals surface area (Å²) in [5.74, 6) is 1.60. The molecule has 80 valence electrons. The predicted molar refractivity (Wildman–Crippen MR) is 56.0 cm³/mol. The highest BCUT2D eigenvalue weighted by atomic mass is 16.5. The first-order valence-corrected chi connectivity index (χ1v) is 4.96. The molecule has 1 atom stereocenters. The molecule has 2 heterocycles. The van der Waals surface area contributed by atoms with Gasteiger partial charge in [-0.3, -0.25) is 0 Å². The van der Waals surface area contributed by atoms with Crippen LogP contribution in [0.15, 0.2) is 22.9 Å². The summed E-state index contributed by atoms with van der Waals surface area (Å²) >= 11 is 0. The van der Waals surface area contributed by atoms with Crippen molar-refractivity contribution < 1.29 is 4.52 Å². The molecule has 5 heteroatoms. The van der Waals surface area contributed by atoms with E-state index in [1.807, 2.05) is 18.3 Å². The molecule has 0 spiro atoms. The van der Waals surface area contributed by atoms with Crippen LogP contribution in [0.2, 0.25) is 0 Å². The summed E-state index contributed by atoms with van der Waals surface area (Å²) in [6.07, 6.45) is 2.55. The molecule has 15 heavy (non-hydrogen) atoms. The van der Waals surface area contributed by atoms with Crippen molar-refractivity contribution in [3.63, 3.8) is 0 Å². The standard InChI is InChI=1S/C10H14N4O/c1-7(6-11)5-9-13-10(14-15-9)8-3-2-4-12-8/h2-4,7,12H,5-6,11H2,1H3. The number of H-pyrrole nitrogens is 1. The average molecular weight is 206 g/mol. The quantitative estimate of drug-likeness (QED) is 0.787. The Morgan fingerprint density at radius 3 is 3.13 bits per heavy atom. The first-order valence-electron chi connectivity index (χ1n) is 4.96. The fourth-order valence-electron chi connectivity index (χ4n) is 1.30. The summed E-state index contributed by atoms with van der Waals surface area (Å²) in [4.78, 5) is 7.30. The lowest BCUT2D eigenvalue weighted by Crippen LogP contribution is -2.13. The summed E-state index contributed by atoms with van der Waals surface area (Å²) in [5, 5.41) is 3.89. The SMILES string of the molecule is CC(CN)Cc1nc(-c2ccc[nH]2)no1. The number of nitrogens with one attached hydrogen (secondary N) is 1. The van der Waals surface area contributed by atoms with Gasteiger partial charge in [0.05, 0.1) is 5.69 Å². The van der Waals surface area contributed by atoms with E-state index in [2.05, 4.69) is 22.0 Å². The molecular formula is C10H14N4O. The van der Waals surface area contributed by atoms with Crippen molar-refractivity contribution in [3.8, 4) is 11.5 Å².